The van der Waals surface area contributed by atoms with E-state index in [1.165, 1.54) is 16.8 Å². The lowest BCUT2D eigenvalue weighted by molar-refractivity contribution is -0.128. The van der Waals surface area contributed by atoms with E-state index in [0.29, 0.717) is 4.88 Å². The van der Waals surface area contributed by atoms with Crippen molar-refractivity contribution in [3.05, 3.63) is 32.9 Å². The van der Waals surface area contributed by atoms with Crippen LogP contribution in [-0.4, -0.2) is 43.5 Å². The van der Waals surface area contributed by atoms with Gasteiger partial charge in [-0.15, -0.1) is 22.7 Å². The Morgan fingerprint density at radius 3 is 2.40 bits per heavy atom. The summed E-state index contributed by atoms with van der Waals surface area (Å²) in [7, 11) is -3.69. The molecule has 0 spiro atoms. The minimum Gasteiger partial charge on any atom is -0.351 e. The van der Waals surface area contributed by atoms with E-state index in [-0.39, 0.29) is 18.9 Å². The van der Waals surface area contributed by atoms with Crippen molar-refractivity contribution in [2.45, 2.75) is 11.7 Å². The lowest BCUT2D eigenvalue weighted by atomic mass is 10.3. The van der Waals surface area contributed by atoms with Crippen LogP contribution in [0.4, 0.5) is 0 Å². The zero-order valence-corrected chi connectivity index (χ0v) is 17.0. The van der Waals surface area contributed by atoms with Crippen molar-refractivity contribution in [3.63, 3.8) is 0 Å². The van der Waals surface area contributed by atoms with E-state index in [9.17, 15) is 18.0 Å². The van der Waals surface area contributed by atoms with Gasteiger partial charge in [0.05, 0.1) is 8.66 Å². The summed E-state index contributed by atoms with van der Waals surface area (Å²) in [4.78, 5) is 26.0. The van der Waals surface area contributed by atoms with Gasteiger partial charge in [0.25, 0.3) is 11.8 Å². The maximum Gasteiger partial charge on any atom is 0.261 e. The Bertz CT molecular complexity index is 875. The number of rotatable bonds is 7. The average Bonchev–Trinajstić information content (AvgIpc) is 3.18. The Balaban J connectivity index is 1.96. The number of hydrogen-bond donors (Lipinski definition) is 3. The van der Waals surface area contributed by atoms with Gasteiger partial charge in [-0.25, -0.2) is 13.9 Å². The third-order valence-electron chi connectivity index (χ3n) is 3.26. The molecule has 7 nitrogen and oxygen atoms in total. The van der Waals surface area contributed by atoms with Gasteiger partial charge in [-0.1, -0.05) is 0 Å². The molecule has 25 heavy (non-hydrogen) atoms. The second kappa shape index (κ2) is 8.41. The summed E-state index contributed by atoms with van der Waals surface area (Å²) in [6.45, 7) is -0.0121. The molecule has 0 aliphatic rings. The molecule has 136 valence electrons. The van der Waals surface area contributed by atoms with Gasteiger partial charge in [0.15, 0.2) is 9.84 Å². The number of carbonyl (C=O) groups is 2. The Morgan fingerprint density at radius 1 is 1.20 bits per heavy atom. The van der Waals surface area contributed by atoms with Gasteiger partial charge in [0.2, 0.25) is 0 Å². The minimum atomic E-state index is -3.69. The van der Waals surface area contributed by atoms with Crippen LogP contribution >= 0.6 is 38.6 Å². The normalized spacial score (nSPS) is 12.6. The Hall–Kier alpha value is -1.27. The summed E-state index contributed by atoms with van der Waals surface area (Å²) >= 11 is 6.27. The highest BCUT2D eigenvalue weighted by Gasteiger charge is 2.28. The first kappa shape index (κ1) is 20.0. The molecule has 0 fully saturated rings. The van der Waals surface area contributed by atoms with E-state index in [1.807, 2.05) is 18.2 Å². The summed E-state index contributed by atoms with van der Waals surface area (Å²) in [5.74, 6) is -1.36. The minimum absolute atomic E-state index is 0.0121. The second-order valence-electron chi connectivity index (χ2n) is 5.11. The first-order chi connectivity index (χ1) is 11.7. The number of sulfone groups is 1. The molecule has 0 bridgehead atoms. The first-order valence-electron chi connectivity index (χ1n) is 6.99. The number of halogens is 1. The highest BCUT2D eigenvalue weighted by Crippen LogP contribution is 2.35. The van der Waals surface area contributed by atoms with Gasteiger partial charge in [0.1, 0.15) is 5.25 Å². The molecule has 1 unspecified atom stereocenters. The molecule has 0 saturated carbocycles. The fourth-order valence-electron chi connectivity index (χ4n) is 2.05. The molecule has 0 saturated heterocycles. The third kappa shape index (κ3) is 5.35. The lowest BCUT2D eigenvalue weighted by Crippen LogP contribution is -2.40. The molecule has 11 heteroatoms. The van der Waals surface area contributed by atoms with Crippen LogP contribution in [0.25, 0.3) is 9.75 Å². The van der Waals surface area contributed by atoms with Crippen LogP contribution in [0.15, 0.2) is 28.1 Å². The molecule has 0 radical (unpaired) electrons. The number of nitrogens with one attached hydrogen (secondary N) is 2. The van der Waals surface area contributed by atoms with Crippen molar-refractivity contribution < 1.29 is 23.2 Å². The fourth-order valence-corrected chi connectivity index (χ4v) is 5.44. The van der Waals surface area contributed by atoms with Gasteiger partial charge >= 0.3 is 0 Å². The van der Waals surface area contributed by atoms with Crippen LogP contribution in [0, 0.1) is 0 Å². The summed E-state index contributed by atoms with van der Waals surface area (Å²) in [5, 5.41) is 9.79. The molecular weight excluding hydrogens is 452 g/mol. The van der Waals surface area contributed by atoms with Gasteiger partial charge in [-0.2, -0.15) is 0 Å². The molecule has 0 aromatic carbocycles. The number of hydroxylamine groups is 1. The molecule has 2 aromatic rings. The molecule has 2 amide bonds. The molecule has 0 aliphatic carbocycles. The Labute approximate surface area is 161 Å². The van der Waals surface area contributed by atoms with E-state index in [2.05, 4.69) is 21.2 Å². The van der Waals surface area contributed by atoms with E-state index in [4.69, 9.17) is 5.21 Å². The Kier molecular flexibility index (Phi) is 6.74. The van der Waals surface area contributed by atoms with E-state index in [0.717, 1.165) is 19.8 Å². The largest absolute Gasteiger partial charge is 0.351 e. The van der Waals surface area contributed by atoms with Crippen LogP contribution in [-0.2, 0) is 14.6 Å². The van der Waals surface area contributed by atoms with Crippen molar-refractivity contribution in [1.29, 1.82) is 0 Å². The highest BCUT2D eigenvalue weighted by molar-refractivity contribution is 9.11. The van der Waals surface area contributed by atoms with Crippen molar-refractivity contribution in [3.8, 4) is 9.75 Å². The predicted octanol–water partition coefficient (Wildman–Crippen LogP) is 2.28. The van der Waals surface area contributed by atoms with Gasteiger partial charge in [-0.3, -0.25) is 14.8 Å². The van der Waals surface area contributed by atoms with Crippen LogP contribution in [0.1, 0.15) is 16.1 Å². The molecule has 2 heterocycles. The Morgan fingerprint density at radius 2 is 1.84 bits per heavy atom. The fraction of sp³-hybridized carbons (Fsp3) is 0.286. The van der Waals surface area contributed by atoms with Gasteiger partial charge in [-0.05, 0) is 46.6 Å². The predicted molar refractivity (Wildman–Crippen MR) is 101 cm³/mol. The monoisotopic (exact) mass is 466 g/mol. The molecule has 1 atom stereocenters. The number of carbonyl (C=O) groups excluding carboxylic acids is 2. The van der Waals surface area contributed by atoms with Crippen LogP contribution in [0.5, 0.6) is 0 Å². The van der Waals surface area contributed by atoms with Crippen molar-refractivity contribution in [1.82, 2.24) is 10.8 Å². The summed E-state index contributed by atoms with van der Waals surface area (Å²) in [6.07, 6.45) is 0.770. The molecule has 2 aromatic heterocycles. The van der Waals surface area contributed by atoms with Crippen LogP contribution in [0.2, 0.25) is 0 Å². The standard InChI is InChI=1S/C14H15BrN2O5S3/c1-25(21,22)11(14(19)17-20)6-7-16-13(18)10-3-2-8(23-10)9-4-5-12(15)24-9/h2-5,11,20H,6-7H2,1H3,(H,16,18)(H,17,19). The van der Waals surface area contributed by atoms with Crippen molar-refractivity contribution in [2.24, 2.45) is 0 Å². The van der Waals surface area contributed by atoms with Crippen molar-refractivity contribution >= 4 is 60.3 Å². The number of hydrogen-bond acceptors (Lipinski definition) is 7. The van der Waals surface area contributed by atoms with Crippen molar-refractivity contribution in [2.75, 3.05) is 12.8 Å². The summed E-state index contributed by atoms with van der Waals surface area (Å²) in [6, 6.07) is 7.41. The third-order valence-corrected chi connectivity index (χ3v) is 7.64. The van der Waals surface area contributed by atoms with E-state index >= 15 is 0 Å². The first-order valence-corrected chi connectivity index (χ1v) is 11.4. The van der Waals surface area contributed by atoms with Crippen LogP contribution in [0.3, 0.4) is 0 Å². The smallest absolute Gasteiger partial charge is 0.261 e. The maximum atomic E-state index is 12.2. The SMILES string of the molecule is CS(=O)(=O)C(CCNC(=O)c1ccc(-c2ccc(Br)s2)s1)C(=O)NO. The zero-order valence-electron chi connectivity index (χ0n) is 13.0. The molecule has 0 aliphatic heterocycles. The second-order valence-corrected chi connectivity index (χ2v) is 10.9. The van der Waals surface area contributed by atoms with E-state index < -0.39 is 21.0 Å². The highest BCUT2D eigenvalue weighted by atomic mass is 79.9. The zero-order chi connectivity index (χ0) is 18.6. The quantitative estimate of drug-likeness (QED) is 0.427. The van der Waals surface area contributed by atoms with E-state index in [1.54, 1.807) is 17.4 Å². The topological polar surface area (TPSA) is 113 Å². The molecule has 2 rings (SSSR count). The molecular formula is C14H15BrN2O5S3. The summed E-state index contributed by atoms with van der Waals surface area (Å²) in [5.41, 5.74) is 1.33. The molecule has 3 N–H and O–H groups in total. The number of thiophene rings is 2. The number of amides is 2. The van der Waals surface area contributed by atoms with Gasteiger partial charge < -0.3 is 5.32 Å². The average molecular weight is 467 g/mol. The van der Waals surface area contributed by atoms with Gasteiger partial charge in [0, 0.05) is 22.6 Å². The summed E-state index contributed by atoms with van der Waals surface area (Å²) < 4.78 is 24.1. The van der Waals surface area contributed by atoms with Crippen LogP contribution < -0.4 is 10.8 Å². The maximum absolute atomic E-state index is 12.2. The lowest BCUT2D eigenvalue weighted by Gasteiger charge is -2.13.